The van der Waals surface area contributed by atoms with Crippen LogP contribution in [0, 0.1) is 5.92 Å². The minimum atomic E-state index is 0.234. The third-order valence-corrected chi connectivity index (χ3v) is 4.73. The average Bonchev–Trinajstić information content (AvgIpc) is 2.92. The maximum absolute atomic E-state index is 12.4. The Balaban J connectivity index is 1.75. The predicted molar refractivity (Wildman–Crippen MR) is 69.4 cm³/mol. The molecule has 1 atom stereocenters. The Hall–Kier alpha value is -0.870. The van der Waals surface area contributed by atoms with Crippen molar-refractivity contribution in [1.82, 2.24) is 4.90 Å². The van der Waals surface area contributed by atoms with Crippen molar-refractivity contribution in [3.63, 3.8) is 0 Å². The quantitative estimate of drug-likeness (QED) is 0.892. The van der Waals surface area contributed by atoms with Gasteiger partial charge in [-0.2, -0.15) is 0 Å². The molecule has 0 unspecified atom stereocenters. The molecule has 0 spiro atoms. The van der Waals surface area contributed by atoms with Crippen LogP contribution >= 0.6 is 11.3 Å². The van der Waals surface area contributed by atoms with E-state index in [0.29, 0.717) is 18.4 Å². The van der Waals surface area contributed by atoms with Gasteiger partial charge in [-0.15, -0.1) is 11.3 Å². The monoisotopic (exact) mass is 250 g/mol. The summed E-state index contributed by atoms with van der Waals surface area (Å²) in [5.41, 5.74) is 6.96. The Morgan fingerprint density at radius 2 is 2.29 bits per heavy atom. The van der Waals surface area contributed by atoms with Crippen LogP contribution in [0.3, 0.4) is 0 Å². The number of carbonyl (C=O) groups is 1. The van der Waals surface area contributed by atoms with E-state index in [2.05, 4.69) is 11.4 Å². The summed E-state index contributed by atoms with van der Waals surface area (Å²) in [5, 5.41) is 2.05. The summed E-state index contributed by atoms with van der Waals surface area (Å²) >= 11 is 1.60. The standard InChI is InChI=1S/C13H18N2OS/c14-7-9-3-5-15(8-9)13(16)12-11(4-6-17-12)10-1-2-10/h4,6,9-10H,1-3,5,7-8,14H2/t9-/m1/s1. The van der Waals surface area contributed by atoms with Crippen LogP contribution in [0.4, 0.5) is 0 Å². The van der Waals surface area contributed by atoms with E-state index in [1.807, 2.05) is 4.90 Å². The van der Waals surface area contributed by atoms with E-state index < -0.39 is 0 Å². The van der Waals surface area contributed by atoms with Crippen molar-refractivity contribution in [2.75, 3.05) is 19.6 Å². The third-order valence-electron chi connectivity index (χ3n) is 3.81. The molecule has 1 aliphatic carbocycles. The van der Waals surface area contributed by atoms with Crippen molar-refractivity contribution in [3.05, 3.63) is 21.9 Å². The Bertz CT molecular complexity index is 425. The summed E-state index contributed by atoms with van der Waals surface area (Å²) in [5.74, 6) is 1.40. The molecule has 92 valence electrons. The van der Waals surface area contributed by atoms with E-state index in [4.69, 9.17) is 5.73 Å². The first-order valence-electron chi connectivity index (χ1n) is 6.36. The molecule has 3 rings (SSSR count). The summed E-state index contributed by atoms with van der Waals surface area (Å²) < 4.78 is 0. The lowest BCUT2D eigenvalue weighted by Gasteiger charge is -2.16. The van der Waals surface area contributed by atoms with Gasteiger partial charge in [0, 0.05) is 13.1 Å². The molecule has 2 aliphatic rings. The Morgan fingerprint density at radius 3 is 2.94 bits per heavy atom. The number of nitrogens with zero attached hydrogens (tertiary/aromatic N) is 1. The molecule has 3 nitrogen and oxygen atoms in total. The number of thiophene rings is 1. The van der Waals surface area contributed by atoms with E-state index in [9.17, 15) is 4.79 Å². The highest BCUT2D eigenvalue weighted by Crippen LogP contribution is 2.43. The topological polar surface area (TPSA) is 46.3 Å². The maximum atomic E-state index is 12.4. The van der Waals surface area contributed by atoms with Crippen molar-refractivity contribution < 1.29 is 4.79 Å². The van der Waals surface area contributed by atoms with Gasteiger partial charge in [0.2, 0.25) is 0 Å². The van der Waals surface area contributed by atoms with Gasteiger partial charge in [-0.05, 0) is 54.7 Å². The minimum Gasteiger partial charge on any atom is -0.338 e. The van der Waals surface area contributed by atoms with Gasteiger partial charge in [0.05, 0.1) is 4.88 Å². The molecule has 0 aromatic carbocycles. The molecule has 1 amide bonds. The zero-order chi connectivity index (χ0) is 11.8. The van der Waals surface area contributed by atoms with E-state index in [1.165, 1.54) is 18.4 Å². The second-order valence-electron chi connectivity index (χ2n) is 5.12. The van der Waals surface area contributed by atoms with E-state index in [-0.39, 0.29) is 5.91 Å². The second-order valence-corrected chi connectivity index (χ2v) is 6.04. The lowest BCUT2D eigenvalue weighted by atomic mass is 10.1. The molecule has 4 heteroatoms. The summed E-state index contributed by atoms with van der Waals surface area (Å²) in [4.78, 5) is 15.4. The van der Waals surface area contributed by atoms with Crippen molar-refractivity contribution in [2.24, 2.45) is 11.7 Å². The first kappa shape index (κ1) is 11.2. The number of amides is 1. The van der Waals surface area contributed by atoms with E-state index in [1.54, 1.807) is 11.3 Å². The molecule has 1 aliphatic heterocycles. The number of carbonyl (C=O) groups excluding carboxylic acids is 1. The number of rotatable bonds is 3. The van der Waals surface area contributed by atoms with Crippen LogP contribution in [0.1, 0.15) is 40.4 Å². The van der Waals surface area contributed by atoms with Gasteiger partial charge in [-0.3, -0.25) is 4.79 Å². The van der Waals surface area contributed by atoms with Crippen molar-refractivity contribution >= 4 is 17.2 Å². The van der Waals surface area contributed by atoms with Crippen LogP contribution in [0.15, 0.2) is 11.4 Å². The highest BCUT2D eigenvalue weighted by atomic mass is 32.1. The third kappa shape index (κ3) is 2.11. The fraction of sp³-hybridized carbons (Fsp3) is 0.615. The van der Waals surface area contributed by atoms with Gasteiger partial charge in [0.15, 0.2) is 0 Å². The molecule has 1 saturated carbocycles. The molecule has 0 bridgehead atoms. The highest BCUT2D eigenvalue weighted by molar-refractivity contribution is 7.12. The molecule has 1 aromatic heterocycles. The van der Waals surface area contributed by atoms with Gasteiger partial charge < -0.3 is 10.6 Å². The van der Waals surface area contributed by atoms with E-state index >= 15 is 0 Å². The zero-order valence-electron chi connectivity index (χ0n) is 9.89. The lowest BCUT2D eigenvalue weighted by Crippen LogP contribution is -2.29. The molecule has 17 heavy (non-hydrogen) atoms. The maximum Gasteiger partial charge on any atom is 0.264 e. The number of likely N-dealkylation sites (tertiary alicyclic amines) is 1. The Morgan fingerprint density at radius 1 is 1.47 bits per heavy atom. The predicted octanol–water partition coefficient (Wildman–Crippen LogP) is 2.05. The van der Waals surface area contributed by atoms with Gasteiger partial charge in [0.25, 0.3) is 5.91 Å². The number of hydrogen-bond donors (Lipinski definition) is 1. The van der Waals surface area contributed by atoms with Crippen molar-refractivity contribution in [1.29, 1.82) is 0 Å². The largest absolute Gasteiger partial charge is 0.338 e. The molecule has 1 aromatic rings. The van der Waals surface area contributed by atoms with Gasteiger partial charge in [0.1, 0.15) is 0 Å². The first-order chi connectivity index (χ1) is 8.29. The Labute approximate surface area is 106 Å². The first-order valence-corrected chi connectivity index (χ1v) is 7.24. The summed E-state index contributed by atoms with van der Waals surface area (Å²) in [7, 11) is 0. The lowest BCUT2D eigenvalue weighted by molar-refractivity contribution is 0.0791. The van der Waals surface area contributed by atoms with Crippen LogP contribution in [-0.4, -0.2) is 30.4 Å². The number of hydrogen-bond acceptors (Lipinski definition) is 3. The average molecular weight is 250 g/mol. The van der Waals surface area contributed by atoms with Crippen LogP contribution < -0.4 is 5.73 Å². The normalized spacial score (nSPS) is 24.3. The highest BCUT2D eigenvalue weighted by Gasteiger charge is 2.32. The molecule has 2 N–H and O–H groups in total. The second kappa shape index (κ2) is 4.42. The molecule has 2 heterocycles. The van der Waals surface area contributed by atoms with Crippen LogP contribution in [-0.2, 0) is 0 Å². The zero-order valence-corrected chi connectivity index (χ0v) is 10.7. The van der Waals surface area contributed by atoms with Crippen molar-refractivity contribution in [2.45, 2.75) is 25.2 Å². The Kier molecular flexibility index (Phi) is 2.92. The van der Waals surface area contributed by atoms with Gasteiger partial charge in [-0.1, -0.05) is 0 Å². The summed E-state index contributed by atoms with van der Waals surface area (Å²) in [6.45, 7) is 2.42. The van der Waals surface area contributed by atoms with Crippen molar-refractivity contribution in [3.8, 4) is 0 Å². The van der Waals surface area contributed by atoms with Gasteiger partial charge >= 0.3 is 0 Å². The molecule has 1 saturated heterocycles. The minimum absolute atomic E-state index is 0.234. The number of nitrogens with two attached hydrogens (primary N) is 1. The van der Waals surface area contributed by atoms with Gasteiger partial charge in [-0.25, -0.2) is 0 Å². The summed E-state index contributed by atoms with van der Waals surface area (Å²) in [6.07, 6.45) is 3.57. The molecular formula is C13H18N2OS. The van der Waals surface area contributed by atoms with Crippen LogP contribution in [0.2, 0.25) is 0 Å². The molecule has 2 fully saturated rings. The van der Waals surface area contributed by atoms with Crippen LogP contribution in [0.5, 0.6) is 0 Å². The smallest absolute Gasteiger partial charge is 0.264 e. The van der Waals surface area contributed by atoms with Crippen LogP contribution in [0.25, 0.3) is 0 Å². The fourth-order valence-corrected chi connectivity index (χ4v) is 3.51. The molecule has 0 radical (unpaired) electrons. The SMILES string of the molecule is NC[C@H]1CCN(C(=O)c2sccc2C2CC2)C1. The molecular weight excluding hydrogens is 232 g/mol. The summed E-state index contributed by atoms with van der Waals surface area (Å²) in [6, 6.07) is 2.13. The fourth-order valence-electron chi connectivity index (χ4n) is 2.56. The van der Waals surface area contributed by atoms with E-state index in [0.717, 1.165) is 24.4 Å².